The maximum atomic E-state index is 12.1. The minimum absolute atomic E-state index is 0.0600. The zero-order chi connectivity index (χ0) is 18.3. The molecule has 0 radical (unpaired) electrons. The predicted molar refractivity (Wildman–Crippen MR) is 98.3 cm³/mol. The second-order valence-corrected chi connectivity index (χ2v) is 8.04. The Labute approximate surface area is 147 Å². The summed E-state index contributed by atoms with van der Waals surface area (Å²) in [5.74, 6) is 0.230. The Morgan fingerprint density at radius 2 is 1.88 bits per heavy atom. The van der Waals surface area contributed by atoms with Crippen molar-refractivity contribution in [3.63, 3.8) is 0 Å². The highest BCUT2D eigenvalue weighted by Gasteiger charge is 2.12. The van der Waals surface area contributed by atoms with E-state index >= 15 is 0 Å². The summed E-state index contributed by atoms with van der Waals surface area (Å²) in [5, 5.41) is 2.77. The van der Waals surface area contributed by atoms with Gasteiger partial charge >= 0.3 is 0 Å². The fraction of sp³-hybridized carbons (Fsp3) is 0.278. The van der Waals surface area contributed by atoms with Gasteiger partial charge in [-0.25, -0.2) is 8.42 Å². The Balaban J connectivity index is 1.89. The lowest BCUT2D eigenvalue weighted by Gasteiger charge is -2.13. The molecule has 0 fully saturated rings. The molecular weight excluding hydrogens is 340 g/mol. The molecule has 25 heavy (non-hydrogen) atoms. The quantitative estimate of drug-likeness (QED) is 0.750. The SMILES string of the molecule is CS(=O)(=O)CCOc1cccc(NC(=O)CC(N)c2ccccc2)c1. The molecular formula is C18H22N2O4S. The molecule has 3 N–H and O–H groups in total. The smallest absolute Gasteiger partial charge is 0.226 e. The van der Waals surface area contributed by atoms with E-state index < -0.39 is 9.84 Å². The van der Waals surface area contributed by atoms with Gasteiger partial charge in [0.1, 0.15) is 12.4 Å². The highest BCUT2D eigenvalue weighted by molar-refractivity contribution is 7.90. The Hall–Kier alpha value is -2.38. The number of nitrogens with two attached hydrogens (primary N) is 1. The molecule has 7 heteroatoms. The molecule has 6 nitrogen and oxygen atoms in total. The first-order chi connectivity index (χ1) is 11.8. The number of ether oxygens (including phenoxy) is 1. The molecule has 0 heterocycles. The molecule has 0 aliphatic heterocycles. The summed E-state index contributed by atoms with van der Waals surface area (Å²) in [6, 6.07) is 15.8. The number of anilines is 1. The molecule has 2 aromatic carbocycles. The number of rotatable bonds is 8. The first-order valence-electron chi connectivity index (χ1n) is 7.84. The summed E-state index contributed by atoms with van der Waals surface area (Å²) in [4.78, 5) is 12.1. The van der Waals surface area contributed by atoms with E-state index in [1.807, 2.05) is 30.3 Å². The lowest BCUT2D eigenvalue weighted by Crippen LogP contribution is -2.20. The van der Waals surface area contributed by atoms with E-state index in [2.05, 4.69) is 5.32 Å². The van der Waals surface area contributed by atoms with Crippen molar-refractivity contribution in [2.75, 3.05) is 23.9 Å². The summed E-state index contributed by atoms with van der Waals surface area (Å²) in [6.07, 6.45) is 1.31. The van der Waals surface area contributed by atoms with Gasteiger partial charge in [-0.3, -0.25) is 4.79 Å². The van der Waals surface area contributed by atoms with E-state index in [4.69, 9.17) is 10.5 Å². The zero-order valence-electron chi connectivity index (χ0n) is 14.0. The van der Waals surface area contributed by atoms with E-state index in [9.17, 15) is 13.2 Å². The summed E-state index contributed by atoms with van der Waals surface area (Å²) in [6.45, 7) is 0.0646. The molecule has 2 rings (SSSR count). The molecule has 134 valence electrons. The minimum atomic E-state index is -3.07. The molecule has 0 aliphatic rings. The largest absolute Gasteiger partial charge is 0.492 e. The molecule has 0 spiro atoms. The summed E-state index contributed by atoms with van der Waals surface area (Å²) in [7, 11) is -3.07. The highest BCUT2D eigenvalue weighted by Crippen LogP contribution is 2.19. The summed E-state index contributed by atoms with van der Waals surface area (Å²) < 4.78 is 27.6. The van der Waals surface area contributed by atoms with Crippen LogP contribution < -0.4 is 15.8 Å². The van der Waals surface area contributed by atoms with Crippen LogP contribution in [-0.2, 0) is 14.6 Å². The number of nitrogens with one attached hydrogen (secondary N) is 1. The molecule has 0 saturated heterocycles. The Morgan fingerprint density at radius 1 is 1.16 bits per heavy atom. The van der Waals surface area contributed by atoms with Crippen molar-refractivity contribution in [2.24, 2.45) is 5.73 Å². The third-order valence-electron chi connectivity index (χ3n) is 3.47. The van der Waals surface area contributed by atoms with Crippen LogP contribution in [0.2, 0.25) is 0 Å². The topological polar surface area (TPSA) is 98.5 Å². The van der Waals surface area contributed by atoms with Crippen LogP contribution in [0.4, 0.5) is 5.69 Å². The van der Waals surface area contributed by atoms with Gasteiger partial charge in [0, 0.05) is 30.5 Å². The maximum Gasteiger partial charge on any atom is 0.226 e. The fourth-order valence-corrected chi connectivity index (χ4v) is 2.59. The summed E-state index contributed by atoms with van der Waals surface area (Å²) >= 11 is 0. The van der Waals surface area contributed by atoms with Crippen LogP contribution in [0, 0.1) is 0 Å². The number of hydrogen-bond acceptors (Lipinski definition) is 5. The van der Waals surface area contributed by atoms with Gasteiger partial charge in [-0.05, 0) is 17.7 Å². The van der Waals surface area contributed by atoms with E-state index in [1.165, 1.54) is 0 Å². The van der Waals surface area contributed by atoms with Crippen LogP contribution in [0.5, 0.6) is 5.75 Å². The van der Waals surface area contributed by atoms with Crippen molar-refractivity contribution in [3.05, 3.63) is 60.2 Å². The number of benzene rings is 2. The van der Waals surface area contributed by atoms with Crippen molar-refractivity contribution >= 4 is 21.4 Å². The van der Waals surface area contributed by atoms with Crippen molar-refractivity contribution in [2.45, 2.75) is 12.5 Å². The molecule has 2 aromatic rings. The van der Waals surface area contributed by atoms with E-state index in [0.717, 1.165) is 11.8 Å². The van der Waals surface area contributed by atoms with Gasteiger partial charge in [0.05, 0.1) is 5.75 Å². The normalized spacial score (nSPS) is 12.4. The molecule has 0 aromatic heterocycles. The number of carbonyl (C=O) groups excluding carboxylic acids is 1. The van der Waals surface area contributed by atoms with Gasteiger partial charge in [-0.15, -0.1) is 0 Å². The lowest BCUT2D eigenvalue weighted by atomic mass is 10.0. The molecule has 1 amide bonds. The van der Waals surface area contributed by atoms with Crippen molar-refractivity contribution < 1.29 is 17.9 Å². The molecule has 1 unspecified atom stereocenters. The Bertz CT molecular complexity index is 807. The van der Waals surface area contributed by atoms with Crippen LogP contribution in [-0.4, -0.2) is 32.9 Å². The number of sulfone groups is 1. The van der Waals surface area contributed by atoms with Crippen LogP contribution in [0.25, 0.3) is 0 Å². The zero-order valence-corrected chi connectivity index (χ0v) is 14.8. The monoisotopic (exact) mass is 362 g/mol. The van der Waals surface area contributed by atoms with E-state index in [-0.39, 0.29) is 30.7 Å². The highest BCUT2D eigenvalue weighted by atomic mass is 32.2. The fourth-order valence-electron chi connectivity index (χ4n) is 2.20. The lowest BCUT2D eigenvalue weighted by molar-refractivity contribution is -0.116. The van der Waals surface area contributed by atoms with Crippen molar-refractivity contribution in [3.8, 4) is 5.75 Å². The van der Waals surface area contributed by atoms with E-state index in [1.54, 1.807) is 24.3 Å². The van der Waals surface area contributed by atoms with Gasteiger partial charge < -0.3 is 15.8 Å². The predicted octanol–water partition coefficient (Wildman–Crippen LogP) is 2.14. The molecule has 1 atom stereocenters. The van der Waals surface area contributed by atoms with Gasteiger partial charge in [-0.2, -0.15) is 0 Å². The first kappa shape index (κ1) is 19.0. The molecule has 0 bridgehead atoms. The van der Waals surface area contributed by atoms with Crippen LogP contribution in [0.15, 0.2) is 54.6 Å². The van der Waals surface area contributed by atoms with Crippen LogP contribution >= 0.6 is 0 Å². The summed E-state index contributed by atoms with van der Waals surface area (Å²) in [5.41, 5.74) is 7.51. The minimum Gasteiger partial charge on any atom is -0.492 e. The second kappa shape index (κ2) is 8.64. The second-order valence-electron chi connectivity index (χ2n) is 5.78. The maximum absolute atomic E-state index is 12.1. The molecule has 0 aliphatic carbocycles. The van der Waals surface area contributed by atoms with Crippen LogP contribution in [0.3, 0.4) is 0 Å². The van der Waals surface area contributed by atoms with Crippen molar-refractivity contribution in [1.29, 1.82) is 0 Å². The number of hydrogen-bond donors (Lipinski definition) is 2. The van der Waals surface area contributed by atoms with E-state index in [0.29, 0.717) is 11.4 Å². The van der Waals surface area contributed by atoms with Gasteiger partial charge in [0.2, 0.25) is 5.91 Å². The first-order valence-corrected chi connectivity index (χ1v) is 9.90. The molecule has 0 saturated carbocycles. The van der Waals surface area contributed by atoms with Gasteiger partial charge in [0.15, 0.2) is 9.84 Å². The Morgan fingerprint density at radius 3 is 2.56 bits per heavy atom. The van der Waals surface area contributed by atoms with Gasteiger partial charge in [-0.1, -0.05) is 36.4 Å². The number of carbonyl (C=O) groups is 1. The average Bonchev–Trinajstić information content (AvgIpc) is 2.54. The average molecular weight is 362 g/mol. The third-order valence-corrected chi connectivity index (χ3v) is 4.38. The third kappa shape index (κ3) is 6.94. The van der Waals surface area contributed by atoms with Crippen LogP contribution in [0.1, 0.15) is 18.0 Å². The standard InChI is InChI=1S/C18H22N2O4S/c1-25(22,23)11-10-24-16-9-5-8-15(12-16)20-18(21)13-17(19)14-6-3-2-4-7-14/h2-9,12,17H,10-11,13,19H2,1H3,(H,20,21). The van der Waals surface area contributed by atoms with Crippen molar-refractivity contribution in [1.82, 2.24) is 0 Å². The number of amides is 1. The Kier molecular flexibility index (Phi) is 6.55. The van der Waals surface area contributed by atoms with Gasteiger partial charge in [0.25, 0.3) is 0 Å².